The molecule has 250 valence electrons. The van der Waals surface area contributed by atoms with E-state index in [-0.39, 0.29) is 0 Å². The van der Waals surface area contributed by atoms with E-state index in [1.54, 1.807) is 0 Å². The second-order valence-electron chi connectivity index (χ2n) is 14.3. The van der Waals surface area contributed by atoms with Crippen molar-refractivity contribution >= 4 is 64.6 Å². The van der Waals surface area contributed by atoms with Crippen molar-refractivity contribution in [3.05, 3.63) is 206 Å². The molecule has 0 nitrogen and oxygen atoms in total. The van der Waals surface area contributed by atoms with Gasteiger partial charge in [0.15, 0.2) is 0 Å². The minimum absolute atomic E-state index is 1.22. The zero-order valence-corrected chi connectivity index (χ0v) is 29.6. The lowest BCUT2D eigenvalue weighted by Gasteiger charge is -2.20. The van der Waals surface area contributed by atoms with Crippen LogP contribution in [0.4, 0.5) is 0 Å². The van der Waals surface area contributed by atoms with Gasteiger partial charge in [-0.1, -0.05) is 200 Å². The highest BCUT2D eigenvalue weighted by Crippen LogP contribution is 2.47. The van der Waals surface area contributed by atoms with Crippen LogP contribution < -0.4 is 0 Å². The van der Waals surface area contributed by atoms with Crippen molar-refractivity contribution in [2.75, 3.05) is 0 Å². The van der Waals surface area contributed by atoms with Crippen LogP contribution in [-0.4, -0.2) is 0 Å². The van der Waals surface area contributed by atoms with Crippen molar-refractivity contribution in [1.82, 2.24) is 0 Å². The third-order valence-corrected chi connectivity index (χ3v) is 11.4. The molecule has 0 saturated heterocycles. The third-order valence-electron chi connectivity index (χ3n) is 11.4. The molecule has 0 aromatic heterocycles. The Morgan fingerprint density at radius 1 is 0.204 bits per heavy atom. The van der Waals surface area contributed by atoms with E-state index in [0.29, 0.717) is 0 Å². The Morgan fingerprint density at radius 2 is 0.648 bits per heavy atom. The van der Waals surface area contributed by atoms with Gasteiger partial charge in [0, 0.05) is 0 Å². The fourth-order valence-electron chi connectivity index (χ4n) is 9.08. The molecular formula is C54H34. The zero-order valence-electron chi connectivity index (χ0n) is 29.6. The SMILES string of the molecule is c1cc(-c2cccc3ccccc23)cc(-c2c3ccccc3c(-c3ccc(-c4cccc5ccc6ccccc6c45)c4ccccc34)c3ccccc23)c1. The second kappa shape index (κ2) is 12.3. The van der Waals surface area contributed by atoms with E-state index in [1.807, 2.05) is 0 Å². The van der Waals surface area contributed by atoms with E-state index < -0.39 is 0 Å². The lowest BCUT2D eigenvalue weighted by Crippen LogP contribution is -1.93. The molecule has 0 saturated carbocycles. The average Bonchev–Trinajstić information content (AvgIpc) is 3.25. The summed E-state index contributed by atoms with van der Waals surface area (Å²) in [6.45, 7) is 0. The van der Waals surface area contributed by atoms with Gasteiger partial charge in [-0.2, -0.15) is 0 Å². The fraction of sp³-hybridized carbons (Fsp3) is 0. The Balaban J connectivity index is 1.17. The summed E-state index contributed by atoms with van der Waals surface area (Å²) in [6, 6.07) is 76.1. The van der Waals surface area contributed by atoms with E-state index in [4.69, 9.17) is 0 Å². The molecule has 0 unspecified atom stereocenters. The summed E-state index contributed by atoms with van der Waals surface area (Å²) < 4.78 is 0. The summed E-state index contributed by atoms with van der Waals surface area (Å²) in [4.78, 5) is 0. The van der Waals surface area contributed by atoms with Crippen LogP contribution in [-0.2, 0) is 0 Å². The quantitative estimate of drug-likeness (QED) is 0.128. The Kier molecular flexibility index (Phi) is 6.97. The summed E-state index contributed by atoms with van der Waals surface area (Å²) in [5.74, 6) is 0. The van der Waals surface area contributed by atoms with Crippen molar-refractivity contribution < 1.29 is 0 Å². The molecule has 11 aromatic rings. The largest absolute Gasteiger partial charge is 0.0616 e. The number of fused-ring (bicyclic) bond motifs is 7. The molecule has 0 aliphatic heterocycles. The molecule has 0 radical (unpaired) electrons. The molecule has 11 aromatic carbocycles. The van der Waals surface area contributed by atoms with Crippen LogP contribution in [0, 0.1) is 0 Å². The maximum atomic E-state index is 2.38. The highest BCUT2D eigenvalue weighted by atomic mass is 14.2. The number of rotatable bonds is 4. The van der Waals surface area contributed by atoms with E-state index in [1.165, 1.54) is 109 Å². The van der Waals surface area contributed by atoms with Gasteiger partial charge in [0.25, 0.3) is 0 Å². The first-order valence-electron chi connectivity index (χ1n) is 18.8. The maximum absolute atomic E-state index is 2.38. The molecule has 0 heterocycles. The first-order chi connectivity index (χ1) is 26.8. The predicted molar refractivity (Wildman–Crippen MR) is 233 cm³/mol. The van der Waals surface area contributed by atoms with Crippen LogP contribution in [0.15, 0.2) is 206 Å². The van der Waals surface area contributed by atoms with Gasteiger partial charge in [0.1, 0.15) is 0 Å². The third kappa shape index (κ3) is 4.71. The number of hydrogen-bond donors (Lipinski definition) is 0. The lowest BCUT2D eigenvalue weighted by atomic mass is 9.83. The molecule has 0 aliphatic carbocycles. The standard InChI is InChI=1S/C54H34/c1-3-20-40-35(14-1)16-12-28-41(40)38-18-11-19-39(34-38)53-47-24-7-9-26-49(47)54(50-27-10-8-25-48(50)53)51-33-32-45(43-22-5-6-23-44(43)51)46-29-13-17-37-31-30-36-15-2-4-21-42(36)52(37)46/h1-34H. The minimum atomic E-state index is 1.22. The van der Waals surface area contributed by atoms with Crippen molar-refractivity contribution in [3.8, 4) is 44.5 Å². The van der Waals surface area contributed by atoms with Crippen LogP contribution in [0.2, 0.25) is 0 Å². The van der Waals surface area contributed by atoms with E-state index >= 15 is 0 Å². The van der Waals surface area contributed by atoms with Gasteiger partial charge in [-0.15, -0.1) is 0 Å². The molecule has 0 N–H and O–H groups in total. The van der Waals surface area contributed by atoms with Gasteiger partial charge in [-0.25, -0.2) is 0 Å². The van der Waals surface area contributed by atoms with Gasteiger partial charge in [0.05, 0.1) is 0 Å². The predicted octanol–water partition coefficient (Wildman–Crippen LogP) is 15.3. The second-order valence-corrected chi connectivity index (χ2v) is 14.3. The summed E-state index contributed by atoms with van der Waals surface area (Å²) in [5, 5.41) is 15.2. The zero-order chi connectivity index (χ0) is 35.6. The molecule has 0 aliphatic rings. The molecule has 0 spiro atoms. The normalized spacial score (nSPS) is 11.7. The lowest BCUT2D eigenvalue weighted by molar-refractivity contribution is 1.63. The van der Waals surface area contributed by atoms with Crippen LogP contribution in [0.5, 0.6) is 0 Å². The maximum Gasteiger partial charge on any atom is -0.00201 e. The first-order valence-corrected chi connectivity index (χ1v) is 18.8. The van der Waals surface area contributed by atoms with E-state index in [2.05, 4.69) is 206 Å². The topological polar surface area (TPSA) is 0 Å². The average molecular weight is 683 g/mol. The smallest absolute Gasteiger partial charge is 0.00201 e. The Hall–Kier alpha value is -7.02. The molecule has 0 heteroatoms. The van der Waals surface area contributed by atoms with Crippen LogP contribution in [0.1, 0.15) is 0 Å². The van der Waals surface area contributed by atoms with Crippen molar-refractivity contribution in [2.45, 2.75) is 0 Å². The van der Waals surface area contributed by atoms with Gasteiger partial charge in [-0.05, 0) is 115 Å². The van der Waals surface area contributed by atoms with E-state index in [0.717, 1.165) is 0 Å². The van der Waals surface area contributed by atoms with Gasteiger partial charge < -0.3 is 0 Å². The van der Waals surface area contributed by atoms with E-state index in [9.17, 15) is 0 Å². The molecule has 0 atom stereocenters. The van der Waals surface area contributed by atoms with Crippen LogP contribution >= 0.6 is 0 Å². The van der Waals surface area contributed by atoms with Crippen LogP contribution in [0.3, 0.4) is 0 Å². The van der Waals surface area contributed by atoms with Gasteiger partial charge in [0.2, 0.25) is 0 Å². The Bertz CT molecular complexity index is 3210. The summed E-state index contributed by atoms with van der Waals surface area (Å²) in [6.07, 6.45) is 0. The fourth-order valence-corrected chi connectivity index (χ4v) is 9.08. The van der Waals surface area contributed by atoms with Gasteiger partial charge >= 0.3 is 0 Å². The minimum Gasteiger partial charge on any atom is -0.0616 e. The number of benzene rings is 11. The Labute approximate surface area is 314 Å². The van der Waals surface area contributed by atoms with Gasteiger partial charge in [-0.3, -0.25) is 0 Å². The monoisotopic (exact) mass is 682 g/mol. The number of hydrogen-bond acceptors (Lipinski definition) is 0. The molecule has 11 rings (SSSR count). The van der Waals surface area contributed by atoms with Crippen molar-refractivity contribution in [3.63, 3.8) is 0 Å². The molecular weight excluding hydrogens is 649 g/mol. The molecule has 0 bridgehead atoms. The van der Waals surface area contributed by atoms with Crippen LogP contribution in [0.25, 0.3) is 109 Å². The molecule has 54 heavy (non-hydrogen) atoms. The highest BCUT2D eigenvalue weighted by Gasteiger charge is 2.20. The first kappa shape index (κ1) is 30.6. The summed E-state index contributed by atoms with van der Waals surface area (Å²) >= 11 is 0. The Morgan fingerprint density at radius 3 is 1.35 bits per heavy atom. The van der Waals surface area contributed by atoms with Crippen molar-refractivity contribution in [1.29, 1.82) is 0 Å². The highest BCUT2D eigenvalue weighted by molar-refractivity contribution is 6.25. The summed E-state index contributed by atoms with van der Waals surface area (Å²) in [7, 11) is 0. The van der Waals surface area contributed by atoms with Crippen molar-refractivity contribution in [2.24, 2.45) is 0 Å². The molecule has 0 amide bonds. The molecule has 0 fully saturated rings. The summed E-state index contributed by atoms with van der Waals surface area (Å²) in [5.41, 5.74) is 10.0.